The van der Waals surface area contributed by atoms with E-state index in [-0.39, 0.29) is 17.9 Å². The highest BCUT2D eigenvalue weighted by Gasteiger charge is 2.37. The van der Waals surface area contributed by atoms with E-state index >= 15 is 0 Å². The van der Waals surface area contributed by atoms with Gasteiger partial charge < -0.3 is 20.0 Å². The van der Waals surface area contributed by atoms with Crippen molar-refractivity contribution in [1.82, 2.24) is 9.80 Å². The second kappa shape index (κ2) is 6.18. The van der Waals surface area contributed by atoms with Gasteiger partial charge >= 0.3 is 12.0 Å². The lowest BCUT2D eigenvalue weighted by Gasteiger charge is -2.36. The van der Waals surface area contributed by atoms with Crippen molar-refractivity contribution >= 4 is 21.8 Å². The summed E-state index contributed by atoms with van der Waals surface area (Å²) in [6.45, 7) is 0.212. The number of carbonyl (C=O) groups is 2. The molecule has 0 radical (unpaired) electrons. The van der Waals surface area contributed by atoms with E-state index in [9.17, 15) is 23.1 Å². The van der Waals surface area contributed by atoms with Gasteiger partial charge in [0, 0.05) is 19.1 Å². The Morgan fingerprint density at radius 3 is 2.29 bits per heavy atom. The molecule has 2 fully saturated rings. The Morgan fingerprint density at radius 1 is 1.19 bits per heavy atom. The number of sulfone groups is 1. The van der Waals surface area contributed by atoms with Crippen LogP contribution in [0.15, 0.2) is 0 Å². The summed E-state index contributed by atoms with van der Waals surface area (Å²) in [6.07, 6.45) is 0.747. The monoisotopic (exact) mass is 320 g/mol. The third-order valence-corrected chi connectivity index (χ3v) is 5.69. The van der Waals surface area contributed by atoms with Crippen LogP contribution in [0.25, 0.3) is 0 Å². The minimum Gasteiger partial charge on any atom is -0.480 e. The maximum atomic E-state index is 12.5. The molecular weight excluding hydrogens is 300 g/mol. The predicted molar refractivity (Wildman–Crippen MR) is 73.6 cm³/mol. The van der Waals surface area contributed by atoms with Crippen LogP contribution in [0.5, 0.6) is 0 Å². The molecule has 0 bridgehead atoms. The molecule has 0 aromatic rings. The molecule has 2 aliphatic heterocycles. The van der Waals surface area contributed by atoms with Gasteiger partial charge in [-0.05, 0) is 19.3 Å². The summed E-state index contributed by atoms with van der Waals surface area (Å²) in [7, 11) is -3.19. The molecule has 9 heteroatoms. The third-order valence-electron chi connectivity index (χ3n) is 3.94. The van der Waals surface area contributed by atoms with Gasteiger partial charge in [-0.25, -0.2) is 13.2 Å². The third kappa shape index (κ3) is 4.07. The highest BCUT2D eigenvalue weighted by atomic mass is 32.2. The Balaban J connectivity index is 2.08. The number of aliphatic hydroxyl groups is 1. The minimum atomic E-state index is -3.19. The molecule has 21 heavy (non-hydrogen) atoms. The molecule has 2 aliphatic rings. The van der Waals surface area contributed by atoms with E-state index in [1.165, 1.54) is 4.90 Å². The second-order valence-corrected chi connectivity index (χ2v) is 7.81. The van der Waals surface area contributed by atoms with Gasteiger partial charge in [0.25, 0.3) is 0 Å². The quantitative estimate of drug-likeness (QED) is 0.699. The number of carbonyl (C=O) groups excluding carboxylic acids is 1. The van der Waals surface area contributed by atoms with Gasteiger partial charge in [-0.2, -0.15) is 0 Å². The Kier molecular flexibility index (Phi) is 4.72. The zero-order valence-electron chi connectivity index (χ0n) is 11.6. The molecule has 2 heterocycles. The smallest absolute Gasteiger partial charge is 0.323 e. The fourth-order valence-electron chi connectivity index (χ4n) is 2.76. The Labute approximate surface area is 123 Å². The molecule has 0 spiro atoms. The molecule has 8 nitrogen and oxygen atoms in total. The first kappa shape index (κ1) is 16.0. The summed E-state index contributed by atoms with van der Waals surface area (Å²) in [6, 6.07) is -1.03. The summed E-state index contributed by atoms with van der Waals surface area (Å²) >= 11 is 0. The molecule has 0 aliphatic carbocycles. The Morgan fingerprint density at radius 2 is 1.81 bits per heavy atom. The summed E-state index contributed by atoms with van der Waals surface area (Å²) in [5, 5.41) is 18.4. The number of carboxylic acids is 1. The van der Waals surface area contributed by atoms with E-state index in [0.29, 0.717) is 25.9 Å². The number of nitrogens with zero attached hydrogens (tertiary/aromatic N) is 2. The molecule has 1 atom stereocenters. The molecule has 2 amide bonds. The van der Waals surface area contributed by atoms with E-state index < -0.39 is 40.5 Å². The van der Waals surface area contributed by atoms with Gasteiger partial charge in [0.2, 0.25) is 0 Å². The average Bonchev–Trinajstić information content (AvgIpc) is 2.76. The van der Waals surface area contributed by atoms with Gasteiger partial charge in [-0.3, -0.25) is 4.79 Å². The molecule has 2 N–H and O–H groups in total. The van der Waals surface area contributed by atoms with Crippen LogP contribution in [0, 0.1) is 0 Å². The molecule has 2 rings (SSSR count). The van der Waals surface area contributed by atoms with Crippen LogP contribution in [0.2, 0.25) is 0 Å². The molecule has 1 unspecified atom stereocenters. The van der Waals surface area contributed by atoms with Gasteiger partial charge in [-0.1, -0.05) is 0 Å². The van der Waals surface area contributed by atoms with Crippen LogP contribution in [0.4, 0.5) is 4.79 Å². The number of carboxylic acid groups (broad SMARTS) is 1. The van der Waals surface area contributed by atoms with Crippen LogP contribution >= 0.6 is 0 Å². The number of likely N-dealkylation sites (tertiary alicyclic amines) is 1. The molecule has 120 valence electrons. The van der Waals surface area contributed by atoms with E-state index in [2.05, 4.69) is 0 Å². The molecule has 0 aromatic carbocycles. The number of aliphatic hydroxyl groups excluding tert-OH is 1. The van der Waals surface area contributed by atoms with Crippen molar-refractivity contribution in [3.8, 4) is 0 Å². The normalized spacial score (nSPS) is 25.8. The van der Waals surface area contributed by atoms with Crippen LogP contribution < -0.4 is 0 Å². The first-order valence-corrected chi connectivity index (χ1v) is 8.76. The molecule has 0 aromatic heterocycles. The van der Waals surface area contributed by atoms with Crippen molar-refractivity contribution in [1.29, 1.82) is 0 Å². The number of hydrogen-bond donors (Lipinski definition) is 2. The standard InChI is InChI=1S/C12H20N2O6S/c15-10-1-4-13(5-2-10)12(18)14(7-11(16)17)9-3-6-21(19,20)8-9/h9-10,15H,1-8H2,(H,16,17). The van der Waals surface area contributed by atoms with Crippen molar-refractivity contribution in [3.05, 3.63) is 0 Å². The maximum Gasteiger partial charge on any atom is 0.323 e. The fraction of sp³-hybridized carbons (Fsp3) is 0.833. The predicted octanol–water partition coefficient (Wildman–Crippen LogP) is -0.863. The highest BCUT2D eigenvalue weighted by Crippen LogP contribution is 2.20. The van der Waals surface area contributed by atoms with Crippen molar-refractivity contribution in [2.45, 2.75) is 31.4 Å². The topological polar surface area (TPSA) is 115 Å². The largest absolute Gasteiger partial charge is 0.480 e. The first-order chi connectivity index (χ1) is 9.78. The average molecular weight is 320 g/mol. The molecule has 0 saturated carbocycles. The summed E-state index contributed by atoms with van der Waals surface area (Å²) < 4.78 is 23.1. The lowest BCUT2D eigenvalue weighted by molar-refractivity contribution is -0.138. The fourth-order valence-corrected chi connectivity index (χ4v) is 4.49. The Bertz CT molecular complexity index is 512. The minimum absolute atomic E-state index is 0.0141. The number of aliphatic carboxylic acids is 1. The van der Waals surface area contributed by atoms with Crippen LogP contribution in [-0.2, 0) is 14.6 Å². The van der Waals surface area contributed by atoms with Crippen LogP contribution in [0.3, 0.4) is 0 Å². The SMILES string of the molecule is O=C(O)CN(C(=O)N1CCC(O)CC1)C1CCS(=O)(=O)C1. The molecular formula is C12H20N2O6S. The van der Waals surface area contributed by atoms with Crippen molar-refractivity contribution in [2.24, 2.45) is 0 Å². The lowest BCUT2D eigenvalue weighted by Crippen LogP contribution is -2.52. The summed E-state index contributed by atoms with van der Waals surface area (Å²) in [5.41, 5.74) is 0. The van der Waals surface area contributed by atoms with Crippen LogP contribution in [0.1, 0.15) is 19.3 Å². The molecule has 2 saturated heterocycles. The van der Waals surface area contributed by atoms with Crippen molar-refractivity contribution in [2.75, 3.05) is 31.1 Å². The summed E-state index contributed by atoms with van der Waals surface area (Å²) in [4.78, 5) is 26.0. The van der Waals surface area contributed by atoms with Gasteiger partial charge in [0.1, 0.15) is 6.54 Å². The lowest BCUT2D eigenvalue weighted by atomic mass is 10.1. The first-order valence-electron chi connectivity index (χ1n) is 6.94. The van der Waals surface area contributed by atoms with Crippen molar-refractivity contribution in [3.63, 3.8) is 0 Å². The van der Waals surface area contributed by atoms with E-state index in [4.69, 9.17) is 5.11 Å². The van der Waals surface area contributed by atoms with Crippen LogP contribution in [-0.4, -0.2) is 83.7 Å². The number of hydrogen-bond acceptors (Lipinski definition) is 5. The van der Waals surface area contributed by atoms with E-state index in [1.54, 1.807) is 0 Å². The highest BCUT2D eigenvalue weighted by molar-refractivity contribution is 7.91. The zero-order chi connectivity index (χ0) is 15.6. The van der Waals surface area contributed by atoms with Gasteiger partial charge in [-0.15, -0.1) is 0 Å². The Hall–Kier alpha value is -1.35. The second-order valence-electron chi connectivity index (χ2n) is 5.58. The number of amides is 2. The van der Waals surface area contributed by atoms with Gasteiger partial charge in [0.15, 0.2) is 9.84 Å². The number of urea groups is 1. The zero-order valence-corrected chi connectivity index (χ0v) is 12.5. The maximum absolute atomic E-state index is 12.5. The van der Waals surface area contributed by atoms with E-state index in [1.807, 2.05) is 0 Å². The van der Waals surface area contributed by atoms with Crippen molar-refractivity contribution < 1.29 is 28.2 Å². The number of piperidine rings is 1. The van der Waals surface area contributed by atoms with E-state index in [0.717, 1.165) is 4.90 Å². The van der Waals surface area contributed by atoms with Gasteiger partial charge in [0.05, 0.1) is 17.6 Å². The number of rotatable bonds is 3. The summed E-state index contributed by atoms with van der Waals surface area (Å²) in [5.74, 6) is -1.35.